The van der Waals surface area contributed by atoms with E-state index in [1.165, 1.54) is 0 Å². The lowest BCUT2D eigenvalue weighted by atomic mass is 10.2. The number of pyridine rings is 1. The monoisotopic (exact) mass is 292 g/mol. The number of nitrogen functional groups attached to an aromatic ring is 1. The number of hydrogen-bond donors (Lipinski definition) is 2. The van der Waals surface area contributed by atoms with Crippen LogP contribution in [0.4, 0.5) is 5.82 Å². The van der Waals surface area contributed by atoms with Crippen molar-refractivity contribution in [2.75, 3.05) is 12.0 Å². The van der Waals surface area contributed by atoms with Crippen LogP contribution in [0.3, 0.4) is 0 Å². The van der Waals surface area contributed by atoms with Crippen LogP contribution >= 0.6 is 11.6 Å². The zero-order valence-electron chi connectivity index (χ0n) is 10.6. The van der Waals surface area contributed by atoms with Crippen LogP contribution in [-0.2, 0) is 13.1 Å². The Morgan fingerprint density at radius 1 is 1.40 bits per heavy atom. The predicted molar refractivity (Wildman–Crippen MR) is 74.0 cm³/mol. The molecule has 0 aromatic carbocycles. The van der Waals surface area contributed by atoms with Crippen LogP contribution in [0.15, 0.2) is 24.5 Å². The first-order chi connectivity index (χ1) is 9.69. The summed E-state index contributed by atoms with van der Waals surface area (Å²) in [5.41, 5.74) is 2.60. The van der Waals surface area contributed by atoms with Gasteiger partial charge >= 0.3 is 0 Å². The number of nitrogens with one attached hydrogen (secondary N) is 1. The van der Waals surface area contributed by atoms with Crippen molar-refractivity contribution < 1.29 is 4.79 Å². The van der Waals surface area contributed by atoms with E-state index in [0.29, 0.717) is 30.5 Å². The minimum atomic E-state index is -0.221. The van der Waals surface area contributed by atoms with Crippen LogP contribution in [0, 0.1) is 0 Å². The second-order valence-electron chi connectivity index (χ2n) is 4.43. The normalized spacial score (nSPS) is 14.0. The van der Waals surface area contributed by atoms with Gasteiger partial charge in [0.25, 0.3) is 5.91 Å². The number of nitrogens with two attached hydrogens (primary N) is 1. The first kappa shape index (κ1) is 12.9. The average Bonchev–Trinajstić information content (AvgIpc) is 2.94. The highest BCUT2D eigenvalue weighted by Gasteiger charge is 2.25. The molecule has 0 bridgehead atoms. The molecule has 0 radical (unpaired) electrons. The third-order valence-electron chi connectivity index (χ3n) is 3.23. The average molecular weight is 293 g/mol. The first-order valence-electron chi connectivity index (χ1n) is 6.11. The molecule has 0 fully saturated rings. The van der Waals surface area contributed by atoms with E-state index >= 15 is 0 Å². The van der Waals surface area contributed by atoms with Crippen molar-refractivity contribution in [3.05, 3.63) is 41.1 Å². The topological polar surface area (TPSA) is 89.1 Å². The number of carbonyl (C=O) groups is 1. The molecule has 3 rings (SSSR count). The molecule has 0 unspecified atom stereocenters. The van der Waals surface area contributed by atoms with Crippen molar-refractivity contribution in [3.8, 4) is 0 Å². The fourth-order valence-electron chi connectivity index (χ4n) is 2.17. The van der Waals surface area contributed by atoms with Gasteiger partial charge in [-0.1, -0.05) is 11.6 Å². The molecule has 3 N–H and O–H groups in total. The molecule has 0 saturated heterocycles. The highest BCUT2D eigenvalue weighted by molar-refractivity contribution is 6.33. The van der Waals surface area contributed by atoms with E-state index in [-0.39, 0.29) is 11.6 Å². The maximum Gasteiger partial charge on any atom is 0.274 e. The summed E-state index contributed by atoms with van der Waals surface area (Å²) in [6.45, 7) is 1.76. The van der Waals surface area contributed by atoms with E-state index in [4.69, 9.17) is 17.4 Å². The molecule has 2 aromatic heterocycles. The van der Waals surface area contributed by atoms with Crippen molar-refractivity contribution in [1.82, 2.24) is 19.4 Å². The Bertz CT molecular complexity index is 655. The molecule has 20 heavy (non-hydrogen) atoms. The summed E-state index contributed by atoms with van der Waals surface area (Å²) in [7, 11) is 0. The Balaban J connectivity index is 1.87. The van der Waals surface area contributed by atoms with E-state index < -0.39 is 0 Å². The molecule has 0 atom stereocenters. The van der Waals surface area contributed by atoms with Crippen molar-refractivity contribution in [2.24, 2.45) is 5.84 Å². The lowest BCUT2D eigenvalue weighted by Crippen LogP contribution is -2.38. The molecule has 0 saturated carbocycles. The Morgan fingerprint density at radius 3 is 3.05 bits per heavy atom. The number of hydrogen-bond acceptors (Lipinski definition) is 5. The molecule has 104 valence electrons. The van der Waals surface area contributed by atoms with E-state index in [0.717, 1.165) is 5.82 Å². The minimum absolute atomic E-state index is 0.196. The number of anilines is 1. The van der Waals surface area contributed by atoms with Crippen LogP contribution in [-0.4, -0.2) is 31.9 Å². The number of carbonyl (C=O) groups excluding carboxylic acids is 1. The summed E-state index contributed by atoms with van der Waals surface area (Å²) in [6, 6.07) is 3.21. The minimum Gasteiger partial charge on any atom is -0.332 e. The Labute approximate surface area is 120 Å². The third-order valence-corrected chi connectivity index (χ3v) is 3.53. The van der Waals surface area contributed by atoms with Gasteiger partial charge < -0.3 is 14.9 Å². The van der Waals surface area contributed by atoms with Gasteiger partial charge in [0.1, 0.15) is 17.3 Å². The molecular weight excluding hydrogens is 280 g/mol. The van der Waals surface area contributed by atoms with E-state index in [1.807, 2.05) is 10.8 Å². The largest absolute Gasteiger partial charge is 0.332 e. The van der Waals surface area contributed by atoms with Gasteiger partial charge in [-0.3, -0.25) is 4.79 Å². The van der Waals surface area contributed by atoms with Gasteiger partial charge in [-0.2, -0.15) is 0 Å². The fraction of sp³-hybridized carbons (Fsp3) is 0.250. The molecular formula is C12H13ClN6O. The van der Waals surface area contributed by atoms with Gasteiger partial charge in [0.2, 0.25) is 0 Å². The quantitative estimate of drug-likeness (QED) is 0.633. The van der Waals surface area contributed by atoms with Crippen LogP contribution in [0.25, 0.3) is 0 Å². The number of aromatic nitrogens is 3. The number of nitrogens with zero attached hydrogens (tertiary/aromatic N) is 4. The highest BCUT2D eigenvalue weighted by Crippen LogP contribution is 2.20. The molecule has 3 heterocycles. The van der Waals surface area contributed by atoms with E-state index in [9.17, 15) is 4.79 Å². The van der Waals surface area contributed by atoms with Gasteiger partial charge in [0.05, 0.1) is 11.6 Å². The Morgan fingerprint density at radius 2 is 2.25 bits per heavy atom. The van der Waals surface area contributed by atoms with Gasteiger partial charge in [0, 0.05) is 25.5 Å². The number of fused-ring (bicyclic) bond motifs is 1. The zero-order valence-corrected chi connectivity index (χ0v) is 11.3. The summed E-state index contributed by atoms with van der Waals surface area (Å²) in [5.74, 6) is 6.34. The van der Waals surface area contributed by atoms with E-state index in [1.54, 1.807) is 23.2 Å². The highest BCUT2D eigenvalue weighted by atomic mass is 35.5. The molecule has 7 nitrogen and oxygen atoms in total. The number of rotatable bonds is 2. The van der Waals surface area contributed by atoms with Crippen LogP contribution in [0.2, 0.25) is 5.02 Å². The predicted octanol–water partition coefficient (Wildman–Crippen LogP) is 0.873. The fourth-order valence-corrected chi connectivity index (χ4v) is 2.36. The smallest absolute Gasteiger partial charge is 0.274 e. The summed E-state index contributed by atoms with van der Waals surface area (Å²) in [4.78, 5) is 22.5. The van der Waals surface area contributed by atoms with Crippen molar-refractivity contribution in [1.29, 1.82) is 0 Å². The van der Waals surface area contributed by atoms with Gasteiger partial charge in [-0.05, 0) is 12.1 Å². The third kappa shape index (κ3) is 2.21. The maximum atomic E-state index is 12.5. The Hall–Kier alpha value is -2.12. The molecule has 0 spiro atoms. The van der Waals surface area contributed by atoms with Crippen LogP contribution < -0.4 is 11.3 Å². The van der Waals surface area contributed by atoms with Crippen LogP contribution in [0.5, 0.6) is 0 Å². The van der Waals surface area contributed by atoms with Crippen molar-refractivity contribution in [2.45, 2.75) is 13.1 Å². The summed E-state index contributed by atoms with van der Waals surface area (Å²) >= 11 is 6.05. The summed E-state index contributed by atoms with van der Waals surface area (Å²) < 4.78 is 2.02. The molecule has 2 aromatic rings. The molecule has 8 heteroatoms. The van der Waals surface area contributed by atoms with Gasteiger partial charge in [0.15, 0.2) is 0 Å². The number of hydrazine groups is 1. The zero-order chi connectivity index (χ0) is 14.1. The Kier molecular flexibility index (Phi) is 3.29. The number of imidazole rings is 1. The van der Waals surface area contributed by atoms with Crippen molar-refractivity contribution in [3.63, 3.8) is 0 Å². The lowest BCUT2D eigenvalue weighted by Gasteiger charge is -2.27. The number of amides is 1. The van der Waals surface area contributed by atoms with E-state index in [2.05, 4.69) is 15.4 Å². The molecule has 0 aliphatic carbocycles. The van der Waals surface area contributed by atoms with Gasteiger partial charge in [-0.25, -0.2) is 15.8 Å². The standard InChI is InChI=1S/C12H13ClN6O/c13-8-1-2-9(17-14)16-11(8)12(20)19-6-5-18-4-3-15-10(18)7-19/h1-4H,5-7,14H2,(H,16,17). The molecule has 1 aliphatic rings. The molecule has 1 amide bonds. The second-order valence-corrected chi connectivity index (χ2v) is 4.84. The van der Waals surface area contributed by atoms with Crippen molar-refractivity contribution >= 4 is 23.3 Å². The van der Waals surface area contributed by atoms with Gasteiger partial charge in [-0.15, -0.1) is 0 Å². The summed E-state index contributed by atoms with van der Waals surface area (Å²) in [6.07, 6.45) is 3.63. The maximum absolute atomic E-state index is 12.5. The molecule has 1 aliphatic heterocycles. The van der Waals surface area contributed by atoms with Crippen LogP contribution in [0.1, 0.15) is 16.3 Å². The second kappa shape index (κ2) is 5.10. The summed E-state index contributed by atoms with van der Waals surface area (Å²) in [5, 5.41) is 0.308. The lowest BCUT2D eigenvalue weighted by molar-refractivity contribution is 0.0702. The first-order valence-corrected chi connectivity index (χ1v) is 6.49. The SMILES string of the molecule is NNc1ccc(Cl)c(C(=O)N2CCn3ccnc3C2)n1. The number of halogens is 1.